The third-order valence-electron chi connectivity index (χ3n) is 15.3. The summed E-state index contributed by atoms with van der Waals surface area (Å²) in [6.45, 7) is 15.1. The molecule has 0 unspecified atom stereocenters. The van der Waals surface area contributed by atoms with Gasteiger partial charge in [-0.05, 0) is 104 Å². The van der Waals surface area contributed by atoms with Gasteiger partial charge in [0.2, 0.25) is 5.79 Å². The number of ether oxygens (including phenoxy) is 4. The highest BCUT2D eigenvalue weighted by molar-refractivity contribution is 5.46. The standard InChI is InChI=1S/C35H54O9/c1-17-23-19(43-35(26(17)39)28(44-35)30(4,5)40)14-32(7)21-9-8-20-29(2,3)22(42-27-25(38)24(37)18(36)15-41-27)10-11-33(20)16-34(21,33)13-12-31(23,32)6/h9,17-20,22-28,36-40H,8,10-16H2,1-7H3/t17-,18+,19-,20-,22-,23-,24-,25+,26+,27-,28+,31+,32-,33+,34-,35+/m0/s1. The van der Waals surface area contributed by atoms with Gasteiger partial charge in [0.05, 0.1) is 24.4 Å². The zero-order valence-electron chi connectivity index (χ0n) is 27.5. The fourth-order valence-corrected chi connectivity index (χ4v) is 12.9. The fraction of sp³-hybridized carbons (Fsp3) is 0.943. The Bertz CT molecular complexity index is 1260. The van der Waals surface area contributed by atoms with Crippen molar-refractivity contribution < 1.29 is 44.5 Å². The Hall–Kier alpha value is -0.620. The van der Waals surface area contributed by atoms with E-state index in [0.717, 1.165) is 38.5 Å². The fourth-order valence-electron chi connectivity index (χ4n) is 12.9. The van der Waals surface area contributed by atoms with E-state index < -0.39 is 48.2 Å². The van der Waals surface area contributed by atoms with E-state index in [0.29, 0.717) is 5.92 Å². The molecule has 5 aliphatic carbocycles. The van der Waals surface area contributed by atoms with E-state index in [1.807, 2.05) is 0 Å². The number of allylic oxidation sites excluding steroid dienone is 2. The lowest BCUT2D eigenvalue weighted by Gasteiger charge is -2.60. The molecule has 3 spiro atoms. The van der Waals surface area contributed by atoms with E-state index in [9.17, 15) is 25.5 Å². The molecule has 0 amide bonds. The highest BCUT2D eigenvalue weighted by Gasteiger charge is 2.83. The van der Waals surface area contributed by atoms with E-state index in [1.54, 1.807) is 19.4 Å². The van der Waals surface area contributed by atoms with Crippen LogP contribution < -0.4 is 0 Å². The number of rotatable bonds is 3. The maximum atomic E-state index is 11.6. The lowest BCUT2D eigenvalue weighted by molar-refractivity contribution is -0.300. The predicted octanol–water partition coefficient (Wildman–Crippen LogP) is 3.04. The van der Waals surface area contributed by atoms with Crippen LogP contribution in [0.5, 0.6) is 0 Å². The highest BCUT2D eigenvalue weighted by Crippen LogP contribution is 2.88. The monoisotopic (exact) mass is 618 g/mol. The molecule has 0 aromatic rings. The van der Waals surface area contributed by atoms with Crippen molar-refractivity contribution >= 4 is 0 Å². The molecule has 16 atom stereocenters. The third-order valence-corrected chi connectivity index (χ3v) is 15.3. The average molecular weight is 619 g/mol. The Kier molecular flexibility index (Phi) is 6.20. The molecule has 0 bridgehead atoms. The first-order valence-corrected chi connectivity index (χ1v) is 17.2. The number of fused-ring (bicyclic) bond motifs is 4. The first kappa shape index (κ1) is 30.7. The van der Waals surface area contributed by atoms with Gasteiger partial charge in [0.1, 0.15) is 30.5 Å². The molecule has 4 saturated carbocycles. The Morgan fingerprint density at radius 1 is 0.977 bits per heavy atom. The van der Waals surface area contributed by atoms with Crippen molar-refractivity contribution in [3.63, 3.8) is 0 Å². The molecular formula is C35H54O9. The highest BCUT2D eigenvalue weighted by atomic mass is 16.8. The van der Waals surface area contributed by atoms with Crippen molar-refractivity contribution in [2.45, 2.75) is 154 Å². The molecule has 9 nitrogen and oxygen atoms in total. The van der Waals surface area contributed by atoms with E-state index >= 15 is 0 Å². The summed E-state index contributed by atoms with van der Waals surface area (Å²) in [7, 11) is 0. The molecule has 5 N–H and O–H groups in total. The minimum Gasteiger partial charge on any atom is -0.388 e. The van der Waals surface area contributed by atoms with Crippen LogP contribution in [0.15, 0.2) is 11.6 Å². The summed E-state index contributed by atoms with van der Waals surface area (Å²) < 4.78 is 24.9. The summed E-state index contributed by atoms with van der Waals surface area (Å²) in [5, 5.41) is 53.1. The van der Waals surface area contributed by atoms with Crippen LogP contribution >= 0.6 is 0 Å². The number of hydrogen-bond acceptors (Lipinski definition) is 9. The molecule has 3 saturated heterocycles. The number of aliphatic hydroxyl groups excluding tert-OH is 4. The largest absolute Gasteiger partial charge is 0.388 e. The van der Waals surface area contributed by atoms with E-state index in [1.165, 1.54) is 6.42 Å². The van der Waals surface area contributed by atoms with Crippen LogP contribution in [-0.4, -0.2) is 92.5 Å². The third kappa shape index (κ3) is 3.47. The molecule has 0 radical (unpaired) electrons. The van der Waals surface area contributed by atoms with Gasteiger partial charge in [-0.1, -0.05) is 46.3 Å². The maximum Gasteiger partial charge on any atom is 0.225 e. The second-order valence-corrected chi connectivity index (χ2v) is 17.9. The molecule has 0 aromatic heterocycles. The molecule has 8 aliphatic rings. The van der Waals surface area contributed by atoms with Crippen molar-refractivity contribution in [2.24, 2.45) is 44.8 Å². The lowest BCUT2D eigenvalue weighted by Crippen LogP contribution is -2.59. The van der Waals surface area contributed by atoms with Gasteiger partial charge in [-0.25, -0.2) is 0 Å². The predicted molar refractivity (Wildman–Crippen MR) is 159 cm³/mol. The summed E-state index contributed by atoms with van der Waals surface area (Å²) in [5.41, 5.74) is 0.701. The first-order valence-electron chi connectivity index (χ1n) is 17.2. The maximum absolute atomic E-state index is 11.6. The molecule has 3 aliphatic heterocycles. The summed E-state index contributed by atoms with van der Waals surface area (Å²) in [5.74, 6) is -0.481. The minimum atomic E-state index is -1.28. The topological polar surface area (TPSA) is 141 Å². The zero-order valence-corrected chi connectivity index (χ0v) is 27.5. The summed E-state index contributed by atoms with van der Waals surface area (Å²) in [4.78, 5) is 0. The summed E-state index contributed by atoms with van der Waals surface area (Å²) in [6, 6.07) is 0. The van der Waals surface area contributed by atoms with Gasteiger partial charge in [-0.3, -0.25) is 0 Å². The van der Waals surface area contributed by atoms with Crippen molar-refractivity contribution in [1.29, 1.82) is 0 Å². The Morgan fingerprint density at radius 2 is 1.70 bits per heavy atom. The van der Waals surface area contributed by atoms with Gasteiger partial charge in [0.15, 0.2) is 6.29 Å². The van der Waals surface area contributed by atoms with Gasteiger partial charge >= 0.3 is 0 Å². The minimum absolute atomic E-state index is 0.00409. The number of hydrogen-bond donors (Lipinski definition) is 5. The number of aliphatic hydroxyl groups is 5. The second-order valence-electron chi connectivity index (χ2n) is 17.9. The van der Waals surface area contributed by atoms with Crippen LogP contribution in [0.3, 0.4) is 0 Å². The molecule has 0 aromatic carbocycles. The van der Waals surface area contributed by atoms with Crippen LogP contribution in [0.4, 0.5) is 0 Å². The molecule has 9 heteroatoms. The Labute approximate surface area is 261 Å². The van der Waals surface area contributed by atoms with Crippen molar-refractivity contribution in [1.82, 2.24) is 0 Å². The van der Waals surface area contributed by atoms with Crippen LogP contribution in [0.1, 0.15) is 93.4 Å². The van der Waals surface area contributed by atoms with E-state index in [2.05, 4.69) is 40.7 Å². The van der Waals surface area contributed by atoms with Crippen LogP contribution in [0.2, 0.25) is 0 Å². The number of epoxide rings is 1. The molecule has 44 heavy (non-hydrogen) atoms. The summed E-state index contributed by atoms with van der Waals surface area (Å²) in [6.07, 6.45) is 3.77. The molecule has 7 fully saturated rings. The van der Waals surface area contributed by atoms with E-state index in [4.69, 9.17) is 18.9 Å². The first-order chi connectivity index (χ1) is 20.4. The van der Waals surface area contributed by atoms with Crippen molar-refractivity contribution in [3.8, 4) is 0 Å². The Balaban J connectivity index is 1.08. The lowest BCUT2D eigenvalue weighted by atomic mass is 9.45. The van der Waals surface area contributed by atoms with Crippen LogP contribution in [-0.2, 0) is 18.9 Å². The van der Waals surface area contributed by atoms with Gasteiger partial charge < -0.3 is 44.5 Å². The van der Waals surface area contributed by atoms with Crippen LogP contribution in [0.25, 0.3) is 0 Å². The van der Waals surface area contributed by atoms with Gasteiger partial charge in [0, 0.05) is 0 Å². The van der Waals surface area contributed by atoms with Gasteiger partial charge in [-0.15, -0.1) is 0 Å². The molecular weight excluding hydrogens is 564 g/mol. The Morgan fingerprint density at radius 3 is 2.39 bits per heavy atom. The quantitative estimate of drug-likeness (QED) is 0.238. The van der Waals surface area contributed by atoms with Crippen molar-refractivity contribution in [3.05, 3.63) is 11.6 Å². The van der Waals surface area contributed by atoms with Crippen LogP contribution in [0, 0.1) is 44.8 Å². The summed E-state index contributed by atoms with van der Waals surface area (Å²) >= 11 is 0. The zero-order chi connectivity index (χ0) is 31.6. The normalized spacial score (nSPS) is 60.4. The molecule has 3 heterocycles. The van der Waals surface area contributed by atoms with Gasteiger partial charge in [-0.2, -0.15) is 0 Å². The smallest absolute Gasteiger partial charge is 0.225 e. The van der Waals surface area contributed by atoms with E-state index in [-0.39, 0.29) is 57.7 Å². The van der Waals surface area contributed by atoms with Gasteiger partial charge in [0.25, 0.3) is 0 Å². The average Bonchev–Trinajstić information content (AvgIpc) is 3.81. The van der Waals surface area contributed by atoms with Crippen molar-refractivity contribution in [2.75, 3.05) is 6.61 Å². The molecule has 248 valence electrons. The second kappa shape index (κ2) is 8.88. The molecule has 8 rings (SSSR count). The SMILES string of the molecule is C[C@H]1[C@H]2[C@H](C[C@@]3(C)C4=CC[C@H]5C(C)(C)[C@@H](O[C@@H]6OC[C@@H](O)[C@H](O)[C@H]6O)CC[C@@]56C[C@@]46CC[C@]23C)O[C@@]2(O[C@@H]2C(C)(C)O)[C@@H]1O.